The summed E-state index contributed by atoms with van der Waals surface area (Å²) >= 11 is 11.5. The maximum absolute atomic E-state index is 13.8. The van der Waals surface area contributed by atoms with Crippen LogP contribution in [0.5, 0.6) is 0 Å². The summed E-state index contributed by atoms with van der Waals surface area (Å²) in [7, 11) is 0. The van der Waals surface area contributed by atoms with Gasteiger partial charge in [-0.15, -0.1) is 0 Å². The van der Waals surface area contributed by atoms with Gasteiger partial charge in [0.05, 0.1) is 6.54 Å². The Bertz CT molecular complexity index is 1010. The van der Waals surface area contributed by atoms with Crippen molar-refractivity contribution < 1.29 is 13.5 Å². The summed E-state index contributed by atoms with van der Waals surface area (Å²) in [5.41, 5.74) is 0.352. The van der Waals surface area contributed by atoms with E-state index in [1.807, 2.05) is 18.2 Å². The smallest absolute Gasteiger partial charge is 0.195 e. The standard InChI is InChI=1S/C17H12ClF2N3OS/c18-12-4-2-1-3-11(12)15-17(24-15,8-23-16(25)21-9-22-23)10-5-6-13(19)14(20)7-10/h1-7,9,15H,8H2,(H,21,22,25)/t15-,17-/m1/s1. The molecule has 0 radical (unpaired) electrons. The average Bonchev–Trinajstić information content (AvgIpc) is 3.18. The molecule has 1 saturated heterocycles. The SMILES string of the molecule is Fc1ccc([C@@]2(Cn3nc[nH]c3=S)O[C@@H]2c2ccccc2Cl)cc1F. The molecule has 1 aromatic heterocycles. The Morgan fingerprint density at radius 1 is 1.24 bits per heavy atom. The number of benzene rings is 2. The molecule has 0 amide bonds. The van der Waals surface area contributed by atoms with Gasteiger partial charge in [-0.05, 0) is 36.0 Å². The summed E-state index contributed by atoms with van der Waals surface area (Å²) in [5, 5.41) is 4.68. The second-order valence-corrected chi connectivity index (χ2v) is 6.58. The molecule has 2 atom stereocenters. The van der Waals surface area contributed by atoms with Crippen molar-refractivity contribution in [3.05, 3.63) is 81.3 Å². The van der Waals surface area contributed by atoms with Gasteiger partial charge in [-0.2, -0.15) is 5.10 Å². The Morgan fingerprint density at radius 3 is 2.72 bits per heavy atom. The van der Waals surface area contributed by atoms with Gasteiger partial charge in [0, 0.05) is 10.6 Å². The van der Waals surface area contributed by atoms with Crippen LogP contribution in [0.25, 0.3) is 0 Å². The molecule has 0 saturated carbocycles. The third kappa shape index (κ3) is 2.78. The largest absolute Gasteiger partial charge is 0.354 e. The molecule has 8 heteroatoms. The lowest BCUT2D eigenvalue weighted by molar-refractivity contribution is 0.260. The van der Waals surface area contributed by atoms with Gasteiger partial charge in [-0.1, -0.05) is 35.9 Å². The summed E-state index contributed by atoms with van der Waals surface area (Å²) in [6, 6.07) is 11.0. The Hall–Kier alpha value is -2.09. The number of hydrogen-bond acceptors (Lipinski definition) is 3. The van der Waals surface area contributed by atoms with Gasteiger partial charge >= 0.3 is 0 Å². The minimum Gasteiger partial charge on any atom is -0.354 e. The molecule has 1 N–H and O–H groups in total. The van der Waals surface area contributed by atoms with Crippen LogP contribution >= 0.6 is 23.8 Å². The van der Waals surface area contributed by atoms with Crippen LogP contribution in [-0.2, 0) is 16.9 Å². The number of nitrogens with zero attached hydrogens (tertiary/aromatic N) is 2. The highest BCUT2D eigenvalue weighted by Crippen LogP contribution is 2.59. The van der Waals surface area contributed by atoms with Crippen LogP contribution in [0.1, 0.15) is 17.2 Å². The second-order valence-electron chi connectivity index (χ2n) is 5.79. The highest BCUT2D eigenvalue weighted by Gasteiger charge is 2.59. The predicted molar refractivity (Wildman–Crippen MR) is 90.7 cm³/mol. The number of rotatable bonds is 4. The quantitative estimate of drug-likeness (QED) is 0.534. The van der Waals surface area contributed by atoms with Crippen LogP contribution in [0.4, 0.5) is 8.78 Å². The van der Waals surface area contributed by atoms with E-state index in [1.54, 1.807) is 10.7 Å². The van der Waals surface area contributed by atoms with E-state index >= 15 is 0 Å². The zero-order valence-corrected chi connectivity index (χ0v) is 14.3. The fraction of sp³-hybridized carbons (Fsp3) is 0.176. The molecular weight excluding hydrogens is 368 g/mol. The topological polar surface area (TPSA) is 46.1 Å². The molecule has 0 unspecified atom stereocenters. The lowest BCUT2D eigenvalue weighted by atomic mass is 9.91. The van der Waals surface area contributed by atoms with Gasteiger partial charge in [0.2, 0.25) is 0 Å². The monoisotopic (exact) mass is 379 g/mol. The lowest BCUT2D eigenvalue weighted by Crippen LogP contribution is -2.20. The number of aromatic nitrogens is 3. The van der Waals surface area contributed by atoms with Crippen LogP contribution in [0.2, 0.25) is 5.02 Å². The van der Waals surface area contributed by atoms with Crippen molar-refractivity contribution in [2.24, 2.45) is 0 Å². The first-order valence-electron chi connectivity index (χ1n) is 7.49. The first-order chi connectivity index (χ1) is 12.0. The molecule has 4 rings (SSSR count). The van der Waals surface area contributed by atoms with Crippen molar-refractivity contribution in [1.82, 2.24) is 14.8 Å². The van der Waals surface area contributed by atoms with Crippen LogP contribution in [0.3, 0.4) is 0 Å². The van der Waals surface area contributed by atoms with E-state index in [0.717, 1.165) is 17.7 Å². The van der Waals surface area contributed by atoms with Crippen LogP contribution in [0.15, 0.2) is 48.8 Å². The molecule has 0 bridgehead atoms. The van der Waals surface area contributed by atoms with Gasteiger partial charge in [-0.25, -0.2) is 13.5 Å². The van der Waals surface area contributed by atoms with Crippen molar-refractivity contribution in [2.75, 3.05) is 0 Å². The molecule has 25 heavy (non-hydrogen) atoms. The number of hydrogen-bond donors (Lipinski definition) is 1. The molecule has 3 aromatic rings. The minimum atomic E-state index is -0.934. The fourth-order valence-corrected chi connectivity index (χ4v) is 3.38. The average molecular weight is 380 g/mol. The second kappa shape index (κ2) is 6.01. The van der Waals surface area contributed by atoms with Crippen LogP contribution in [0, 0.1) is 16.4 Å². The van der Waals surface area contributed by atoms with Gasteiger partial charge in [0.1, 0.15) is 18.0 Å². The first-order valence-corrected chi connectivity index (χ1v) is 8.28. The van der Waals surface area contributed by atoms with E-state index in [1.165, 1.54) is 12.4 Å². The molecule has 0 aliphatic carbocycles. The Kier molecular flexibility index (Phi) is 3.94. The number of aromatic amines is 1. The van der Waals surface area contributed by atoms with Crippen molar-refractivity contribution >= 4 is 23.8 Å². The molecule has 2 aromatic carbocycles. The maximum Gasteiger partial charge on any atom is 0.195 e. The Morgan fingerprint density at radius 2 is 2.04 bits per heavy atom. The summed E-state index contributed by atoms with van der Waals surface area (Å²) in [6.07, 6.45) is 1.05. The highest BCUT2D eigenvalue weighted by atomic mass is 35.5. The van der Waals surface area contributed by atoms with E-state index in [-0.39, 0.29) is 6.54 Å². The number of halogens is 3. The van der Waals surface area contributed by atoms with Crippen LogP contribution in [-0.4, -0.2) is 14.8 Å². The summed E-state index contributed by atoms with van der Waals surface area (Å²) in [4.78, 5) is 2.81. The van der Waals surface area contributed by atoms with Gasteiger partial charge in [0.25, 0.3) is 0 Å². The number of ether oxygens (including phenoxy) is 1. The van der Waals surface area contributed by atoms with E-state index < -0.39 is 23.3 Å². The molecule has 0 spiro atoms. The molecule has 1 fully saturated rings. The molecule has 1 aliphatic rings. The molecule has 1 aliphatic heterocycles. The van der Waals surface area contributed by atoms with E-state index in [9.17, 15) is 8.78 Å². The summed E-state index contributed by atoms with van der Waals surface area (Å²) < 4.78 is 35.1. The molecular formula is C17H12ClF2N3OS. The van der Waals surface area contributed by atoms with Gasteiger partial charge in [0.15, 0.2) is 16.4 Å². The zero-order chi connectivity index (χ0) is 17.6. The first kappa shape index (κ1) is 16.4. The zero-order valence-electron chi connectivity index (χ0n) is 12.7. The van der Waals surface area contributed by atoms with Crippen molar-refractivity contribution in [3.63, 3.8) is 0 Å². The molecule has 4 nitrogen and oxygen atoms in total. The van der Waals surface area contributed by atoms with Crippen molar-refractivity contribution in [2.45, 2.75) is 18.2 Å². The Labute approximate surface area is 152 Å². The summed E-state index contributed by atoms with van der Waals surface area (Å²) in [5.74, 6) is -1.85. The van der Waals surface area contributed by atoms with E-state index in [2.05, 4.69) is 10.1 Å². The van der Waals surface area contributed by atoms with E-state index in [4.69, 9.17) is 28.6 Å². The molecule has 128 valence electrons. The van der Waals surface area contributed by atoms with Gasteiger partial charge < -0.3 is 9.72 Å². The third-order valence-electron chi connectivity index (χ3n) is 4.29. The summed E-state index contributed by atoms with van der Waals surface area (Å²) in [6.45, 7) is 0.246. The minimum absolute atomic E-state index is 0.246. The van der Waals surface area contributed by atoms with Crippen LogP contribution < -0.4 is 0 Å². The van der Waals surface area contributed by atoms with Gasteiger partial charge in [-0.3, -0.25) is 0 Å². The maximum atomic E-state index is 13.8. The third-order valence-corrected chi connectivity index (χ3v) is 4.97. The highest BCUT2D eigenvalue weighted by molar-refractivity contribution is 7.71. The number of H-pyrrole nitrogens is 1. The number of epoxide rings is 1. The van der Waals surface area contributed by atoms with E-state index in [0.29, 0.717) is 15.4 Å². The molecule has 2 heterocycles. The normalized spacial score (nSPS) is 22.1. The van der Waals surface area contributed by atoms with Crippen molar-refractivity contribution in [1.29, 1.82) is 0 Å². The lowest BCUT2D eigenvalue weighted by Gasteiger charge is -2.14. The Balaban J connectivity index is 1.80. The van der Waals surface area contributed by atoms with Crippen molar-refractivity contribution in [3.8, 4) is 0 Å². The number of nitrogens with one attached hydrogen (secondary N) is 1. The predicted octanol–water partition coefficient (Wildman–Crippen LogP) is 4.54. The fourth-order valence-electron chi connectivity index (χ4n) is 2.98.